The normalized spacial score (nSPS) is 51.6. The van der Waals surface area contributed by atoms with Gasteiger partial charge in [-0.2, -0.15) is 0 Å². The third-order valence-corrected chi connectivity index (χ3v) is 7.91. The van der Waals surface area contributed by atoms with Crippen LogP contribution in [0.5, 0.6) is 0 Å². The highest BCUT2D eigenvalue weighted by molar-refractivity contribution is 5.75. The zero-order valence-corrected chi connectivity index (χ0v) is 18.3. The monoisotopic (exact) mass is 422 g/mol. The van der Waals surface area contributed by atoms with Crippen LogP contribution in [0.15, 0.2) is 23.8 Å². The molecule has 3 N–H and O–H groups in total. The van der Waals surface area contributed by atoms with Crippen molar-refractivity contribution in [1.29, 1.82) is 0 Å². The number of cyclic esters (lactones) is 1. The molecule has 7 heteroatoms. The second-order valence-corrected chi connectivity index (χ2v) is 9.62. The number of carbonyl (C=O) groups is 1. The largest absolute Gasteiger partial charge is 0.457 e. The van der Waals surface area contributed by atoms with Gasteiger partial charge in [-0.15, -0.1) is 0 Å². The number of hydrogen-bond acceptors (Lipinski definition) is 7. The molecule has 168 valence electrons. The molecular weight excluding hydrogens is 388 g/mol. The number of methoxy groups -OCH3 is 1. The Morgan fingerprint density at radius 2 is 1.93 bits per heavy atom. The van der Waals surface area contributed by atoms with Crippen molar-refractivity contribution in [3.05, 3.63) is 23.8 Å². The molecule has 0 radical (unpaired) electrons. The van der Waals surface area contributed by atoms with Crippen LogP contribution in [0.3, 0.4) is 0 Å². The molecule has 4 bridgehead atoms. The van der Waals surface area contributed by atoms with Gasteiger partial charge in [0.1, 0.15) is 11.7 Å². The van der Waals surface area contributed by atoms with E-state index in [1.165, 1.54) is 7.11 Å². The summed E-state index contributed by atoms with van der Waals surface area (Å²) >= 11 is 0. The smallest absolute Gasteiger partial charge is 0.335 e. The molecule has 4 aliphatic rings. The molecule has 2 aliphatic carbocycles. The maximum Gasteiger partial charge on any atom is 0.335 e. The van der Waals surface area contributed by atoms with Crippen LogP contribution in [-0.4, -0.2) is 70.6 Å². The number of rotatable bonds is 2. The van der Waals surface area contributed by atoms with Gasteiger partial charge in [0.05, 0.1) is 24.4 Å². The molecule has 0 aromatic heterocycles. The lowest BCUT2D eigenvalue weighted by molar-refractivity contribution is -0.172. The van der Waals surface area contributed by atoms with Crippen molar-refractivity contribution in [3.63, 3.8) is 0 Å². The fraction of sp³-hybridized carbons (Fsp3) is 0.783. The highest BCUT2D eigenvalue weighted by atomic mass is 16.6. The van der Waals surface area contributed by atoms with Crippen LogP contribution in [0.1, 0.15) is 34.1 Å². The summed E-state index contributed by atoms with van der Waals surface area (Å²) in [5.41, 5.74) is 0.0851. The van der Waals surface area contributed by atoms with Gasteiger partial charge in [-0.25, -0.2) is 4.79 Å². The van der Waals surface area contributed by atoms with Crippen LogP contribution < -0.4 is 0 Å². The first-order valence-corrected chi connectivity index (χ1v) is 11.0. The summed E-state index contributed by atoms with van der Waals surface area (Å²) in [5, 5.41) is 32.3. The van der Waals surface area contributed by atoms with Crippen LogP contribution in [0.4, 0.5) is 0 Å². The third kappa shape index (κ3) is 3.01. The van der Waals surface area contributed by atoms with Crippen LogP contribution in [0, 0.1) is 29.6 Å². The first kappa shape index (κ1) is 22.0. The number of ether oxygens (including phenoxy) is 3. The fourth-order valence-corrected chi connectivity index (χ4v) is 6.34. The van der Waals surface area contributed by atoms with E-state index in [-0.39, 0.29) is 29.6 Å². The van der Waals surface area contributed by atoms with E-state index in [4.69, 9.17) is 14.2 Å². The molecule has 4 rings (SSSR count). The van der Waals surface area contributed by atoms with Gasteiger partial charge in [-0.05, 0) is 25.8 Å². The zero-order valence-electron chi connectivity index (χ0n) is 18.3. The summed E-state index contributed by atoms with van der Waals surface area (Å²) in [7, 11) is 1.47. The minimum atomic E-state index is -0.853. The second kappa shape index (κ2) is 7.71. The van der Waals surface area contributed by atoms with E-state index >= 15 is 0 Å². The van der Waals surface area contributed by atoms with Crippen LogP contribution >= 0.6 is 0 Å². The molecule has 7 nitrogen and oxygen atoms in total. The molecule has 30 heavy (non-hydrogen) atoms. The quantitative estimate of drug-likeness (QED) is 0.454. The van der Waals surface area contributed by atoms with Gasteiger partial charge in [0, 0.05) is 36.7 Å². The van der Waals surface area contributed by atoms with Crippen molar-refractivity contribution >= 4 is 5.97 Å². The van der Waals surface area contributed by atoms with Gasteiger partial charge in [-0.3, -0.25) is 0 Å². The number of aliphatic hydroxyl groups is 3. The lowest BCUT2D eigenvalue weighted by atomic mass is 9.57. The van der Waals surface area contributed by atoms with Crippen molar-refractivity contribution in [2.24, 2.45) is 29.6 Å². The highest BCUT2D eigenvalue weighted by Crippen LogP contribution is 2.60. The minimum Gasteiger partial charge on any atom is -0.457 e. The Balaban J connectivity index is 1.86. The Kier molecular flexibility index (Phi) is 5.64. The summed E-state index contributed by atoms with van der Waals surface area (Å²) < 4.78 is 17.8. The summed E-state index contributed by atoms with van der Waals surface area (Å²) in [5.74, 6) is -1.63. The van der Waals surface area contributed by atoms with Gasteiger partial charge in [0.2, 0.25) is 0 Å². The molecule has 1 saturated heterocycles. The molecule has 2 fully saturated rings. The highest BCUT2D eigenvalue weighted by Gasteiger charge is 2.68. The maximum atomic E-state index is 12.8. The summed E-state index contributed by atoms with van der Waals surface area (Å²) in [6.07, 6.45) is 2.09. The molecule has 2 heterocycles. The lowest BCUT2D eigenvalue weighted by Gasteiger charge is -2.48. The van der Waals surface area contributed by atoms with E-state index < -0.39 is 48.2 Å². The van der Waals surface area contributed by atoms with Gasteiger partial charge >= 0.3 is 5.97 Å². The summed E-state index contributed by atoms with van der Waals surface area (Å²) in [6.45, 7) is 7.34. The van der Waals surface area contributed by atoms with Gasteiger partial charge in [0.15, 0.2) is 6.10 Å². The van der Waals surface area contributed by atoms with Crippen LogP contribution in [0.25, 0.3) is 0 Å². The maximum absolute atomic E-state index is 12.8. The lowest BCUT2D eigenvalue weighted by Crippen LogP contribution is -2.56. The predicted octanol–water partition coefficient (Wildman–Crippen LogP) is 1.21. The Morgan fingerprint density at radius 3 is 2.57 bits per heavy atom. The number of aliphatic hydroxyl groups excluding tert-OH is 3. The fourth-order valence-electron chi connectivity index (χ4n) is 6.34. The Labute approximate surface area is 177 Å². The first-order chi connectivity index (χ1) is 14.1. The van der Waals surface area contributed by atoms with Crippen molar-refractivity contribution in [1.82, 2.24) is 0 Å². The topological polar surface area (TPSA) is 105 Å². The van der Waals surface area contributed by atoms with Crippen LogP contribution in [-0.2, 0) is 19.0 Å². The predicted molar refractivity (Wildman–Crippen MR) is 108 cm³/mol. The Hall–Kier alpha value is -1.25. The second-order valence-electron chi connectivity index (χ2n) is 9.62. The molecule has 0 aromatic rings. The van der Waals surface area contributed by atoms with E-state index in [1.807, 2.05) is 39.0 Å². The summed E-state index contributed by atoms with van der Waals surface area (Å²) in [4.78, 5) is 12.8. The van der Waals surface area contributed by atoms with E-state index in [0.717, 1.165) is 5.57 Å². The molecule has 12 atom stereocenters. The van der Waals surface area contributed by atoms with Gasteiger partial charge in [-0.1, -0.05) is 32.1 Å². The molecule has 2 aliphatic heterocycles. The molecular formula is C23H34O7. The van der Waals surface area contributed by atoms with Gasteiger partial charge < -0.3 is 29.5 Å². The molecule has 0 aromatic carbocycles. The minimum absolute atomic E-state index is 0.0930. The first-order valence-electron chi connectivity index (χ1n) is 11.0. The molecule has 1 spiro atoms. The van der Waals surface area contributed by atoms with E-state index in [2.05, 4.69) is 0 Å². The third-order valence-electron chi connectivity index (χ3n) is 7.91. The number of carbonyl (C=O) groups excluding carboxylic acids is 1. The molecule has 12 unspecified atom stereocenters. The number of hydrogen-bond donors (Lipinski definition) is 3. The molecule has 1 saturated carbocycles. The van der Waals surface area contributed by atoms with Crippen molar-refractivity contribution in [2.45, 2.75) is 76.3 Å². The SMILES string of the molecule is COC1CC2C=CC3C4OC2(C(C)=CC(C)C(C(C)O)OC1=O)C3C(O)C(C)C4O. The standard InChI is InChI=1S/C23H34O7/c1-10-8-11(2)23-14(9-16(28-5)22(27)29-20(10)13(4)24)6-7-15-17(23)18(25)12(3)19(26)21(15)30-23/h6-8,10,12-21,24-26H,9H2,1-5H3. The molecule has 0 amide bonds. The Morgan fingerprint density at radius 1 is 1.23 bits per heavy atom. The average Bonchev–Trinajstić information content (AvgIpc) is 2.91. The Bertz CT molecular complexity index is 746. The van der Waals surface area contributed by atoms with E-state index in [1.54, 1.807) is 6.92 Å². The van der Waals surface area contributed by atoms with Gasteiger partial charge in [0.25, 0.3) is 0 Å². The van der Waals surface area contributed by atoms with Crippen molar-refractivity contribution in [3.8, 4) is 0 Å². The van der Waals surface area contributed by atoms with Crippen LogP contribution in [0.2, 0.25) is 0 Å². The number of esters is 1. The summed E-state index contributed by atoms with van der Waals surface area (Å²) in [6, 6.07) is 0. The van der Waals surface area contributed by atoms with Crippen molar-refractivity contribution < 1.29 is 34.3 Å². The van der Waals surface area contributed by atoms with E-state index in [0.29, 0.717) is 6.42 Å². The average molecular weight is 423 g/mol. The van der Waals surface area contributed by atoms with E-state index in [9.17, 15) is 20.1 Å². The zero-order chi connectivity index (χ0) is 22.0. The van der Waals surface area contributed by atoms with Crippen molar-refractivity contribution in [2.75, 3.05) is 7.11 Å².